The Morgan fingerprint density at radius 1 is 1.30 bits per heavy atom. The fraction of sp³-hybridized carbons (Fsp3) is 0.619. The summed E-state index contributed by atoms with van der Waals surface area (Å²) in [7, 11) is 1.82. The minimum Gasteiger partial charge on any atom is -0.383 e. The fourth-order valence-corrected chi connectivity index (χ4v) is 3.85. The number of methoxy groups -OCH3 is 1. The maximum absolute atomic E-state index is 5.46. The number of hydrogen-bond donors (Lipinski definition) is 0. The second-order valence-electron chi connectivity index (χ2n) is 7.75. The number of likely N-dealkylation sites (tertiary alicyclic amines) is 1. The maximum atomic E-state index is 5.46. The van der Waals surface area contributed by atoms with Gasteiger partial charge < -0.3 is 4.74 Å². The number of hydrogen-bond acceptors (Lipinski definition) is 2. The first-order valence-electron chi connectivity index (χ1n) is 8.89. The summed E-state index contributed by atoms with van der Waals surface area (Å²) >= 11 is 0. The molecule has 1 aliphatic rings. The molecule has 128 valence electrons. The molecular weight excluding hydrogens is 282 g/mol. The van der Waals surface area contributed by atoms with E-state index in [1.54, 1.807) is 0 Å². The molecule has 0 spiro atoms. The quantitative estimate of drug-likeness (QED) is 0.670. The lowest BCUT2D eigenvalue weighted by molar-refractivity contribution is 0.0925. The number of nitrogens with zero attached hydrogens (tertiary/aromatic N) is 1. The predicted octanol–water partition coefficient (Wildman–Crippen LogP) is 4.80. The van der Waals surface area contributed by atoms with Gasteiger partial charge in [0.1, 0.15) is 0 Å². The summed E-state index contributed by atoms with van der Waals surface area (Å²) in [6.45, 7) is 11.2. The van der Waals surface area contributed by atoms with Crippen molar-refractivity contribution >= 4 is 0 Å². The molecule has 1 aliphatic heterocycles. The molecule has 2 heteroatoms. The van der Waals surface area contributed by atoms with Gasteiger partial charge in [-0.2, -0.15) is 0 Å². The van der Waals surface area contributed by atoms with Crippen molar-refractivity contribution in [1.82, 2.24) is 4.90 Å². The topological polar surface area (TPSA) is 12.5 Å². The molecule has 1 aromatic carbocycles. The highest BCUT2D eigenvalue weighted by Crippen LogP contribution is 2.33. The van der Waals surface area contributed by atoms with Crippen LogP contribution in [0.3, 0.4) is 0 Å². The van der Waals surface area contributed by atoms with Crippen molar-refractivity contribution < 1.29 is 4.74 Å². The van der Waals surface area contributed by atoms with Gasteiger partial charge in [-0.05, 0) is 50.6 Å². The second kappa shape index (κ2) is 8.12. The molecule has 0 N–H and O–H groups in total. The first-order valence-corrected chi connectivity index (χ1v) is 8.89. The van der Waals surface area contributed by atoms with E-state index >= 15 is 0 Å². The zero-order valence-electron chi connectivity index (χ0n) is 15.5. The number of ether oxygens (including phenoxy) is 1. The maximum Gasteiger partial charge on any atom is 0.0618 e. The molecule has 0 radical (unpaired) electrons. The molecule has 2 rings (SSSR count). The fourth-order valence-electron chi connectivity index (χ4n) is 3.85. The molecule has 23 heavy (non-hydrogen) atoms. The van der Waals surface area contributed by atoms with Crippen molar-refractivity contribution in [3.05, 3.63) is 47.5 Å². The lowest BCUT2D eigenvalue weighted by Crippen LogP contribution is -2.43. The van der Waals surface area contributed by atoms with Gasteiger partial charge in [-0.15, -0.1) is 0 Å². The van der Waals surface area contributed by atoms with E-state index in [2.05, 4.69) is 69.0 Å². The van der Waals surface area contributed by atoms with E-state index < -0.39 is 0 Å². The highest BCUT2D eigenvalue weighted by Gasteiger charge is 2.33. The molecule has 1 aromatic rings. The molecule has 1 fully saturated rings. The Kier molecular flexibility index (Phi) is 6.43. The molecule has 0 aliphatic carbocycles. The van der Waals surface area contributed by atoms with E-state index in [1.807, 2.05) is 7.11 Å². The first kappa shape index (κ1) is 18.2. The van der Waals surface area contributed by atoms with Gasteiger partial charge in [-0.1, -0.05) is 55.8 Å². The van der Waals surface area contributed by atoms with Crippen molar-refractivity contribution in [2.24, 2.45) is 0 Å². The third-order valence-electron chi connectivity index (χ3n) is 5.01. The Hall–Kier alpha value is -1.12. The Bertz CT molecular complexity index is 502. The summed E-state index contributed by atoms with van der Waals surface area (Å²) < 4.78 is 5.46. The smallest absolute Gasteiger partial charge is 0.0618 e. The molecule has 2 nitrogen and oxygen atoms in total. The van der Waals surface area contributed by atoms with Crippen LogP contribution in [0.2, 0.25) is 0 Å². The normalized spacial score (nSPS) is 20.5. The van der Waals surface area contributed by atoms with E-state index in [4.69, 9.17) is 4.74 Å². The molecule has 1 unspecified atom stereocenters. The minimum atomic E-state index is 0.165. The summed E-state index contributed by atoms with van der Waals surface area (Å²) in [6.07, 6.45) is 6.14. The Balaban J connectivity index is 2.20. The van der Waals surface area contributed by atoms with Gasteiger partial charge in [-0.3, -0.25) is 4.90 Å². The molecular formula is C21H33NO. The lowest BCUT2D eigenvalue weighted by Gasteiger charge is -2.37. The number of rotatable bonds is 7. The van der Waals surface area contributed by atoms with Crippen LogP contribution in [0.25, 0.3) is 0 Å². The van der Waals surface area contributed by atoms with E-state index in [0.717, 1.165) is 13.0 Å². The molecule has 1 heterocycles. The van der Waals surface area contributed by atoms with Gasteiger partial charge in [-0.25, -0.2) is 0 Å². The Morgan fingerprint density at radius 2 is 2.00 bits per heavy atom. The Labute approximate surface area is 142 Å². The van der Waals surface area contributed by atoms with Crippen LogP contribution in [0, 0.1) is 0 Å². The zero-order chi connectivity index (χ0) is 16.9. The monoisotopic (exact) mass is 315 g/mol. The van der Waals surface area contributed by atoms with Gasteiger partial charge in [0.2, 0.25) is 0 Å². The summed E-state index contributed by atoms with van der Waals surface area (Å²) in [5.74, 6) is 0. The van der Waals surface area contributed by atoms with Gasteiger partial charge in [0.25, 0.3) is 0 Å². The summed E-state index contributed by atoms with van der Waals surface area (Å²) in [5.41, 5.74) is 2.99. The zero-order valence-corrected chi connectivity index (χ0v) is 15.5. The van der Waals surface area contributed by atoms with Gasteiger partial charge in [0, 0.05) is 19.2 Å². The van der Waals surface area contributed by atoms with Crippen LogP contribution in [-0.2, 0) is 10.2 Å². The molecule has 0 saturated carbocycles. The highest BCUT2D eigenvalue weighted by molar-refractivity contribution is 5.24. The summed E-state index contributed by atoms with van der Waals surface area (Å²) in [6, 6.07) is 12.0. The van der Waals surface area contributed by atoms with Crippen molar-refractivity contribution in [3.8, 4) is 0 Å². The van der Waals surface area contributed by atoms with Crippen molar-refractivity contribution in [2.45, 2.75) is 64.5 Å². The molecule has 0 bridgehead atoms. The SMILES string of the molecule is COC[C@H]1CCCN1C(C=C(C)C)CC(C)(C)c1ccccc1. The average molecular weight is 316 g/mol. The van der Waals surface area contributed by atoms with Crippen molar-refractivity contribution in [1.29, 1.82) is 0 Å². The lowest BCUT2D eigenvalue weighted by atomic mass is 9.78. The van der Waals surface area contributed by atoms with E-state index in [1.165, 1.54) is 30.5 Å². The van der Waals surface area contributed by atoms with Crippen molar-refractivity contribution in [3.63, 3.8) is 0 Å². The number of allylic oxidation sites excluding steroid dienone is 1. The molecule has 0 amide bonds. The van der Waals surface area contributed by atoms with Crippen LogP contribution in [-0.4, -0.2) is 37.2 Å². The van der Waals surface area contributed by atoms with Crippen LogP contribution in [0.15, 0.2) is 42.0 Å². The second-order valence-corrected chi connectivity index (χ2v) is 7.75. The van der Waals surface area contributed by atoms with E-state index in [-0.39, 0.29) is 5.41 Å². The van der Waals surface area contributed by atoms with Crippen LogP contribution in [0.1, 0.15) is 52.5 Å². The molecule has 2 atom stereocenters. The van der Waals surface area contributed by atoms with E-state index in [9.17, 15) is 0 Å². The number of benzene rings is 1. The highest BCUT2D eigenvalue weighted by atomic mass is 16.5. The summed E-state index contributed by atoms with van der Waals surface area (Å²) in [5, 5.41) is 0. The average Bonchev–Trinajstić information content (AvgIpc) is 2.95. The van der Waals surface area contributed by atoms with Crippen LogP contribution in [0.5, 0.6) is 0 Å². The summed E-state index contributed by atoms with van der Waals surface area (Å²) in [4.78, 5) is 2.67. The molecule has 1 saturated heterocycles. The third-order valence-corrected chi connectivity index (χ3v) is 5.01. The van der Waals surface area contributed by atoms with Gasteiger partial charge in [0.05, 0.1) is 6.61 Å². The standard InChI is InChI=1S/C21H33NO/c1-17(2)14-20(22-13-9-12-19(22)16-23-5)15-21(3,4)18-10-7-6-8-11-18/h6-8,10-11,14,19-20H,9,12-13,15-16H2,1-5H3/t19-,20?/m1/s1. The first-order chi connectivity index (χ1) is 10.9. The Morgan fingerprint density at radius 3 is 2.61 bits per heavy atom. The van der Waals surface area contributed by atoms with E-state index in [0.29, 0.717) is 12.1 Å². The van der Waals surface area contributed by atoms with Crippen LogP contribution >= 0.6 is 0 Å². The third kappa shape index (κ3) is 4.92. The van der Waals surface area contributed by atoms with Gasteiger partial charge in [0.15, 0.2) is 0 Å². The minimum absolute atomic E-state index is 0.165. The predicted molar refractivity (Wildman–Crippen MR) is 98.9 cm³/mol. The van der Waals surface area contributed by atoms with Gasteiger partial charge >= 0.3 is 0 Å². The molecule has 0 aromatic heterocycles. The van der Waals surface area contributed by atoms with Crippen LogP contribution < -0.4 is 0 Å². The van der Waals surface area contributed by atoms with Crippen molar-refractivity contribution in [2.75, 3.05) is 20.3 Å². The van der Waals surface area contributed by atoms with Crippen LogP contribution in [0.4, 0.5) is 0 Å². The largest absolute Gasteiger partial charge is 0.383 e.